The van der Waals surface area contributed by atoms with Gasteiger partial charge in [0.1, 0.15) is 0 Å². The molecule has 0 atom stereocenters. The summed E-state index contributed by atoms with van der Waals surface area (Å²) in [4.78, 5) is 11.4. The number of fused-ring (bicyclic) bond motifs is 1. The number of hydrogen-bond acceptors (Lipinski definition) is 6. The number of benzene rings is 1. The van der Waals surface area contributed by atoms with E-state index in [-0.39, 0.29) is 0 Å². The van der Waals surface area contributed by atoms with Gasteiger partial charge in [-0.15, -0.1) is 11.3 Å². The number of nitrogens with zero attached hydrogens (tertiary/aromatic N) is 4. The fourth-order valence-corrected chi connectivity index (χ4v) is 3.36. The van der Waals surface area contributed by atoms with Crippen LogP contribution in [0.2, 0.25) is 0 Å². The van der Waals surface area contributed by atoms with Crippen LogP contribution in [0.15, 0.2) is 47.8 Å². The molecule has 4 aromatic rings. The molecule has 0 aliphatic rings. The first-order chi connectivity index (χ1) is 11.7. The van der Waals surface area contributed by atoms with Gasteiger partial charge in [-0.2, -0.15) is 10.1 Å². The third-order valence-electron chi connectivity index (χ3n) is 3.69. The SMILES string of the molecule is Cc1cc(Nc2nc(N(C)c3ccccc3)c3sccc3n2)n[nH]1. The fraction of sp³-hybridized carbons (Fsp3) is 0.118. The molecule has 0 radical (unpaired) electrons. The van der Waals surface area contributed by atoms with Crippen LogP contribution in [0.5, 0.6) is 0 Å². The first-order valence-corrected chi connectivity index (χ1v) is 8.42. The number of aromatic amines is 1. The van der Waals surface area contributed by atoms with Gasteiger partial charge in [-0.05, 0) is 30.5 Å². The predicted molar refractivity (Wildman–Crippen MR) is 98.5 cm³/mol. The highest BCUT2D eigenvalue weighted by Gasteiger charge is 2.14. The lowest BCUT2D eigenvalue weighted by molar-refractivity contribution is 1.04. The van der Waals surface area contributed by atoms with Crippen molar-refractivity contribution in [1.29, 1.82) is 0 Å². The Hall–Kier alpha value is -2.93. The molecular formula is C17H16N6S. The Morgan fingerprint density at radius 3 is 2.71 bits per heavy atom. The molecule has 0 saturated heterocycles. The van der Waals surface area contributed by atoms with Crippen molar-refractivity contribution in [2.45, 2.75) is 6.92 Å². The summed E-state index contributed by atoms with van der Waals surface area (Å²) in [7, 11) is 2.01. The van der Waals surface area contributed by atoms with E-state index in [1.54, 1.807) is 11.3 Å². The van der Waals surface area contributed by atoms with Crippen molar-refractivity contribution in [3.05, 3.63) is 53.5 Å². The normalized spacial score (nSPS) is 10.9. The number of aromatic nitrogens is 4. The van der Waals surface area contributed by atoms with Gasteiger partial charge in [-0.25, -0.2) is 4.98 Å². The summed E-state index contributed by atoms with van der Waals surface area (Å²) >= 11 is 1.64. The molecule has 7 heteroatoms. The molecule has 3 heterocycles. The average molecular weight is 336 g/mol. The van der Waals surface area contributed by atoms with E-state index in [1.807, 2.05) is 49.7 Å². The maximum absolute atomic E-state index is 4.71. The molecule has 0 aliphatic carbocycles. The molecular weight excluding hydrogens is 320 g/mol. The van der Waals surface area contributed by atoms with Crippen LogP contribution in [0.3, 0.4) is 0 Å². The van der Waals surface area contributed by atoms with Crippen molar-refractivity contribution in [1.82, 2.24) is 20.2 Å². The van der Waals surface area contributed by atoms with E-state index in [9.17, 15) is 0 Å². The first kappa shape index (κ1) is 14.6. The number of aryl methyl sites for hydroxylation is 1. The predicted octanol–water partition coefficient (Wildman–Crippen LogP) is 4.23. The van der Waals surface area contributed by atoms with Gasteiger partial charge in [-0.3, -0.25) is 5.10 Å². The minimum absolute atomic E-state index is 0.533. The van der Waals surface area contributed by atoms with Crippen LogP contribution in [-0.2, 0) is 0 Å². The highest BCUT2D eigenvalue weighted by atomic mass is 32.1. The molecule has 0 aliphatic heterocycles. The highest BCUT2D eigenvalue weighted by Crippen LogP contribution is 2.33. The summed E-state index contributed by atoms with van der Waals surface area (Å²) in [5.74, 6) is 2.11. The second kappa shape index (κ2) is 5.93. The Bertz CT molecular complexity index is 975. The van der Waals surface area contributed by atoms with Crippen LogP contribution in [0, 0.1) is 6.92 Å². The molecule has 0 bridgehead atoms. The van der Waals surface area contributed by atoms with Crippen LogP contribution in [0.25, 0.3) is 10.2 Å². The monoisotopic (exact) mass is 336 g/mol. The van der Waals surface area contributed by atoms with Crippen molar-refractivity contribution in [3.8, 4) is 0 Å². The Morgan fingerprint density at radius 1 is 1.12 bits per heavy atom. The Kier molecular flexibility index (Phi) is 3.62. The zero-order chi connectivity index (χ0) is 16.5. The highest BCUT2D eigenvalue weighted by molar-refractivity contribution is 7.17. The van der Waals surface area contributed by atoms with Gasteiger partial charge in [-0.1, -0.05) is 18.2 Å². The van der Waals surface area contributed by atoms with Crippen molar-refractivity contribution < 1.29 is 0 Å². The summed E-state index contributed by atoms with van der Waals surface area (Å²) in [6.07, 6.45) is 0. The largest absolute Gasteiger partial charge is 0.328 e. The van der Waals surface area contributed by atoms with E-state index in [2.05, 4.69) is 37.5 Å². The molecule has 0 amide bonds. The molecule has 1 aromatic carbocycles. The van der Waals surface area contributed by atoms with Crippen LogP contribution < -0.4 is 10.2 Å². The number of thiophene rings is 1. The molecule has 0 spiro atoms. The number of H-pyrrole nitrogens is 1. The number of para-hydroxylation sites is 1. The van der Waals surface area contributed by atoms with Gasteiger partial charge in [0.2, 0.25) is 5.95 Å². The standard InChI is InChI=1S/C17H16N6S/c1-11-10-14(22-21-11)19-17-18-13-8-9-24-15(13)16(20-17)23(2)12-6-4-3-5-7-12/h3-10H,1-2H3,(H2,18,19,20,21,22). The van der Waals surface area contributed by atoms with Crippen molar-refractivity contribution in [3.63, 3.8) is 0 Å². The average Bonchev–Trinajstić information content (AvgIpc) is 3.23. The van der Waals surface area contributed by atoms with Crippen molar-refractivity contribution in [2.75, 3.05) is 17.3 Å². The lowest BCUT2D eigenvalue weighted by atomic mass is 10.3. The maximum atomic E-state index is 4.71. The van der Waals surface area contributed by atoms with Gasteiger partial charge in [0.25, 0.3) is 0 Å². The number of hydrogen-bond donors (Lipinski definition) is 2. The van der Waals surface area contributed by atoms with Crippen LogP contribution in [0.1, 0.15) is 5.69 Å². The quantitative estimate of drug-likeness (QED) is 0.583. The lowest BCUT2D eigenvalue weighted by Crippen LogP contribution is -2.12. The Balaban J connectivity index is 1.77. The molecule has 2 N–H and O–H groups in total. The van der Waals surface area contributed by atoms with E-state index in [0.717, 1.165) is 27.4 Å². The van der Waals surface area contributed by atoms with Crippen LogP contribution >= 0.6 is 11.3 Å². The van der Waals surface area contributed by atoms with Gasteiger partial charge >= 0.3 is 0 Å². The summed E-state index contributed by atoms with van der Waals surface area (Å²) in [5.41, 5.74) is 2.98. The molecule has 6 nitrogen and oxygen atoms in total. The summed E-state index contributed by atoms with van der Waals surface area (Å²) in [5, 5.41) is 12.3. The zero-order valence-electron chi connectivity index (χ0n) is 13.3. The van der Waals surface area contributed by atoms with E-state index in [0.29, 0.717) is 11.8 Å². The number of rotatable bonds is 4. The first-order valence-electron chi connectivity index (χ1n) is 7.54. The molecule has 120 valence electrons. The lowest BCUT2D eigenvalue weighted by Gasteiger charge is -2.19. The zero-order valence-corrected chi connectivity index (χ0v) is 14.1. The fourth-order valence-electron chi connectivity index (χ4n) is 2.50. The minimum atomic E-state index is 0.533. The summed E-state index contributed by atoms with van der Waals surface area (Å²) in [6.45, 7) is 1.95. The van der Waals surface area contributed by atoms with Gasteiger partial charge in [0.15, 0.2) is 11.6 Å². The molecule has 24 heavy (non-hydrogen) atoms. The molecule has 0 saturated carbocycles. The maximum Gasteiger partial charge on any atom is 0.231 e. The van der Waals surface area contributed by atoms with Crippen LogP contribution in [0.4, 0.5) is 23.3 Å². The van der Waals surface area contributed by atoms with E-state index < -0.39 is 0 Å². The van der Waals surface area contributed by atoms with Crippen molar-refractivity contribution in [2.24, 2.45) is 0 Å². The smallest absolute Gasteiger partial charge is 0.231 e. The second-order valence-corrected chi connectivity index (χ2v) is 6.38. The van der Waals surface area contributed by atoms with Crippen molar-refractivity contribution >= 4 is 44.8 Å². The number of anilines is 4. The van der Waals surface area contributed by atoms with E-state index in [1.165, 1.54) is 0 Å². The van der Waals surface area contributed by atoms with Crippen LogP contribution in [-0.4, -0.2) is 27.2 Å². The Labute approximate surface area is 143 Å². The topological polar surface area (TPSA) is 69.7 Å². The minimum Gasteiger partial charge on any atom is -0.328 e. The van der Waals surface area contributed by atoms with Gasteiger partial charge < -0.3 is 10.2 Å². The Morgan fingerprint density at radius 2 is 1.96 bits per heavy atom. The molecule has 3 aromatic heterocycles. The third kappa shape index (κ3) is 2.69. The van der Waals surface area contributed by atoms with Gasteiger partial charge in [0, 0.05) is 24.5 Å². The molecule has 0 unspecified atom stereocenters. The van der Waals surface area contributed by atoms with E-state index in [4.69, 9.17) is 4.98 Å². The summed E-state index contributed by atoms with van der Waals surface area (Å²) < 4.78 is 1.06. The number of nitrogens with one attached hydrogen (secondary N) is 2. The molecule has 0 fully saturated rings. The summed E-state index contributed by atoms with van der Waals surface area (Å²) in [6, 6.07) is 14.1. The second-order valence-electron chi connectivity index (χ2n) is 5.46. The van der Waals surface area contributed by atoms with E-state index >= 15 is 0 Å². The van der Waals surface area contributed by atoms with Gasteiger partial charge in [0.05, 0.1) is 10.2 Å². The third-order valence-corrected chi connectivity index (χ3v) is 4.59. The molecule has 4 rings (SSSR count).